The van der Waals surface area contributed by atoms with Crippen LogP contribution in [-0.4, -0.2) is 41.8 Å². The highest BCUT2D eigenvalue weighted by atomic mass is 32.2. The van der Waals surface area contributed by atoms with Gasteiger partial charge in [-0.3, -0.25) is 9.72 Å². The van der Waals surface area contributed by atoms with Crippen molar-refractivity contribution in [1.82, 2.24) is 29.7 Å². The lowest BCUT2D eigenvalue weighted by Gasteiger charge is -2.19. The molecule has 0 atom stereocenters. The van der Waals surface area contributed by atoms with Crippen LogP contribution in [-0.2, 0) is 12.0 Å². The first kappa shape index (κ1) is 32.7. The van der Waals surface area contributed by atoms with E-state index in [1.165, 1.54) is 6.07 Å². The minimum absolute atomic E-state index is 0.116. The van der Waals surface area contributed by atoms with E-state index in [-0.39, 0.29) is 23.3 Å². The Morgan fingerprint density at radius 3 is 2.54 bits per heavy atom. The number of phenols is 1. The molecule has 3 aromatic heterocycles. The summed E-state index contributed by atoms with van der Waals surface area (Å²) in [5, 5.41) is 39.1. The summed E-state index contributed by atoms with van der Waals surface area (Å²) < 4.78 is 3.60. The minimum atomic E-state index is -0.404. The van der Waals surface area contributed by atoms with Crippen LogP contribution in [0.5, 0.6) is 5.75 Å². The Morgan fingerprint density at radius 1 is 1.00 bits per heavy atom. The van der Waals surface area contributed by atoms with Gasteiger partial charge in [-0.15, -0.1) is 22.0 Å². The van der Waals surface area contributed by atoms with Crippen molar-refractivity contribution in [3.05, 3.63) is 108 Å². The third kappa shape index (κ3) is 6.74. The Hall–Kier alpha value is -5.25. The molecule has 0 saturated heterocycles. The summed E-state index contributed by atoms with van der Waals surface area (Å²) in [6.07, 6.45) is 4.93. The fourth-order valence-corrected chi connectivity index (χ4v) is 6.64. The Balaban J connectivity index is 1.21. The van der Waals surface area contributed by atoms with Crippen LogP contribution >= 0.6 is 23.5 Å². The van der Waals surface area contributed by atoms with E-state index < -0.39 is 6.03 Å². The Labute approximate surface area is 287 Å². The monoisotopic (exact) mass is 674 g/mol. The summed E-state index contributed by atoms with van der Waals surface area (Å²) in [7, 11) is 0. The smallest absolute Gasteiger partial charge is 0.320 e. The van der Waals surface area contributed by atoms with Gasteiger partial charge in [0, 0.05) is 44.5 Å². The second-order valence-electron chi connectivity index (χ2n) is 11.7. The van der Waals surface area contributed by atoms with Crippen molar-refractivity contribution < 1.29 is 9.90 Å². The lowest BCUT2D eigenvalue weighted by atomic mass is 9.87. The van der Waals surface area contributed by atoms with E-state index in [0.717, 1.165) is 49.4 Å². The molecule has 0 aliphatic rings. The molecule has 0 fully saturated rings. The van der Waals surface area contributed by atoms with Crippen LogP contribution in [0.3, 0.4) is 0 Å². The van der Waals surface area contributed by atoms with Gasteiger partial charge in [0.2, 0.25) is 0 Å². The average Bonchev–Trinajstić information content (AvgIpc) is 3.73. The molecule has 0 saturated carbocycles. The maximum Gasteiger partial charge on any atom is 0.320 e. The number of fused-ring (bicyclic) bond motifs is 1. The number of carbonyl (C=O) groups is 1. The van der Waals surface area contributed by atoms with Crippen molar-refractivity contribution in [3.8, 4) is 28.9 Å². The van der Waals surface area contributed by atoms with Gasteiger partial charge in [-0.05, 0) is 60.7 Å². The molecular formula is C36H34N8O2S2. The van der Waals surface area contributed by atoms with Gasteiger partial charge in [-0.25, -0.2) is 9.48 Å². The zero-order chi connectivity index (χ0) is 33.8. The van der Waals surface area contributed by atoms with Crippen molar-refractivity contribution in [3.63, 3.8) is 0 Å². The van der Waals surface area contributed by atoms with Crippen molar-refractivity contribution in [2.45, 2.75) is 53.8 Å². The van der Waals surface area contributed by atoms with Crippen molar-refractivity contribution in [2.75, 3.05) is 11.6 Å². The number of aromatic hydroxyl groups is 1. The number of urea groups is 1. The van der Waals surface area contributed by atoms with Gasteiger partial charge in [-0.1, -0.05) is 68.9 Å². The molecule has 3 heterocycles. The topological polar surface area (TPSA) is 133 Å². The van der Waals surface area contributed by atoms with Gasteiger partial charge in [0.1, 0.15) is 17.6 Å². The molecule has 0 radical (unpaired) electrons. The predicted octanol–water partition coefficient (Wildman–Crippen LogP) is 8.04. The zero-order valence-electron chi connectivity index (χ0n) is 26.9. The van der Waals surface area contributed by atoms with Crippen molar-refractivity contribution in [1.29, 1.82) is 5.26 Å². The summed E-state index contributed by atoms with van der Waals surface area (Å²) in [6.45, 7) is 6.54. The van der Waals surface area contributed by atoms with Crippen LogP contribution in [0.1, 0.15) is 44.0 Å². The van der Waals surface area contributed by atoms with Gasteiger partial charge in [0.25, 0.3) is 0 Å². The number of benzene rings is 3. The van der Waals surface area contributed by atoms with Crippen LogP contribution in [0.2, 0.25) is 0 Å². The number of anilines is 1. The number of nitriles is 1. The molecule has 6 aromatic rings. The molecule has 3 aromatic carbocycles. The normalized spacial score (nSPS) is 11.4. The number of hydrogen-bond donors (Lipinski definition) is 3. The second kappa shape index (κ2) is 13.9. The van der Waals surface area contributed by atoms with Crippen LogP contribution < -0.4 is 10.6 Å². The van der Waals surface area contributed by atoms with Crippen LogP contribution in [0.25, 0.3) is 22.7 Å². The number of phenolic OH excluding ortho intramolecular Hbond substituents is 1. The van der Waals surface area contributed by atoms with Gasteiger partial charge >= 0.3 is 6.03 Å². The van der Waals surface area contributed by atoms with E-state index in [2.05, 4.69) is 60.0 Å². The van der Waals surface area contributed by atoms with E-state index in [1.807, 2.05) is 71.3 Å². The molecule has 48 heavy (non-hydrogen) atoms. The Morgan fingerprint density at radius 2 is 1.77 bits per heavy atom. The lowest BCUT2D eigenvalue weighted by molar-refractivity contribution is 0.251. The number of pyridine rings is 1. The number of carbonyl (C=O) groups excluding carboxylic acids is 1. The summed E-state index contributed by atoms with van der Waals surface area (Å²) in [5.41, 5.74) is 3.94. The average molecular weight is 675 g/mol. The van der Waals surface area contributed by atoms with E-state index in [0.29, 0.717) is 11.5 Å². The van der Waals surface area contributed by atoms with Gasteiger partial charge in [-0.2, -0.15) is 10.4 Å². The number of amides is 2. The molecule has 0 spiro atoms. The standard InChI is InChI=1S/C36H34N8O2S2/c1-5-36(2,3)31-19-33(44(42-31)25-14-16-28(45)24(18-25)20-37)39-35(46)38-21-23-10-6-8-12-29(23)48-26-15-17-32-40-41-34(43(32)22-26)27-11-7-9-13-30(27)47-4/h6-19,22,45H,5,21H2,1-4H3,(H2,38,39,46). The highest BCUT2D eigenvalue weighted by molar-refractivity contribution is 7.99. The molecule has 242 valence electrons. The third-order valence-electron chi connectivity index (χ3n) is 8.24. The van der Waals surface area contributed by atoms with Crippen LogP contribution in [0.15, 0.2) is 106 Å². The molecule has 10 nitrogen and oxygen atoms in total. The largest absolute Gasteiger partial charge is 0.507 e. The second-order valence-corrected chi connectivity index (χ2v) is 13.7. The maximum atomic E-state index is 13.3. The number of rotatable bonds is 10. The van der Waals surface area contributed by atoms with Crippen molar-refractivity contribution >= 4 is 41.0 Å². The lowest BCUT2D eigenvalue weighted by Crippen LogP contribution is -2.29. The predicted molar refractivity (Wildman–Crippen MR) is 190 cm³/mol. The quantitative estimate of drug-likeness (QED) is 0.124. The number of hydrogen-bond acceptors (Lipinski definition) is 8. The van der Waals surface area contributed by atoms with Gasteiger partial charge in [0.15, 0.2) is 11.5 Å². The summed E-state index contributed by atoms with van der Waals surface area (Å²) in [6, 6.07) is 28.2. The first-order valence-electron chi connectivity index (χ1n) is 15.3. The SMILES string of the molecule is CCC(C)(C)c1cc(NC(=O)NCc2ccccc2Sc2ccc3nnc(-c4ccccc4SC)n3c2)n(-c2ccc(O)c(C#N)c2)n1. The zero-order valence-corrected chi connectivity index (χ0v) is 28.6. The molecule has 0 unspecified atom stereocenters. The highest BCUT2D eigenvalue weighted by Crippen LogP contribution is 2.34. The molecular weight excluding hydrogens is 641 g/mol. The van der Waals surface area contributed by atoms with E-state index in [1.54, 1.807) is 40.3 Å². The number of aromatic nitrogens is 5. The third-order valence-corrected chi connectivity index (χ3v) is 10.1. The van der Waals surface area contributed by atoms with Crippen LogP contribution in [0.4, 0.5) is 10.6 Å². The van der Waals surface area contributed by atoms with Crippen LogP contribution in [0, 0.1) is 11.3 Å². The Kier molecular flexibility index (Phi) is 9.43. The molecule has 3 N–H and O–H groups in total. The first-order valence-corrected chi connectivity index (χ1v) is 17.4. The van der Waals surface area contributed by atoms with Gasteiger partial charge in [0.05, 0.1) is 16.9 Å². The summed E-state index contributed by atoms with van der Waals surface area (Å²) in [4.78, 5) is 16.4. The summed E-state index contributed by atoms with van der Waals surface area (Å²) in [5.74, 6) is 1.11. The molecule has 2 amide bonds. The Bertz CT molecular complexity index is 2170. The molecule has 0 aliphatic carbocycles. The fraction of sp³-hybridized carbons (Fsp3) is 0.194. The van der Waals surface area contributed by atoms with E-state index in [9.17, 15) is 15.2 Å². The molecule has 12 heteroatoms. The molecule has 6 rings (SSSR count). The van der Waals surface area contributed by atoms with Gasteiger partial charge < -0.3 is 10.4 Å². The van der Waals surface area contributed by atoms with E-state index >= 15 is 0 Å². The molecule has 0 bridgehead atoms. The maximum absolute atomic E-state index is 13.3. The number of nitrogens with one attached hydrogen (secondary N) is 2. The minimum Gasteiger partial charge on any atom is -0.507 e. The number of nitrogens with zero attached hydrogens (tertiary/aromatic N) is 6. The molecule has 0 aliphatic heterocycles. The fourth-order valence-electron chi connectivity index (χ4n) is 5.08. The van der Waals surface area contributed by atoms with E-state index in [4.69, 9.17) is 5.10 Å². The highest BCUT2D eigenvalue weighted by Gasteiger charge is 2.25. The van der Waals surface area contributed by atoms with Crippen molar-refractivity contribution in [2.24, 2.45) is 0 Å². The number of thioether (sulfide) groups is 1. The first-order chi connectivity index (χ1) is 23.2. The summed E-state index contributed by atoms with van der Waals surface area (Å²) >= 11 is 3.27.